The first-order valence-electron chi connectivity index (χ1n) is 13.5. The first-order chi connectivity index (χ1) is 20.2. The highest BCUT2D eigenvalue weighted by Gasteiger charge is 2.15. The second kappa shape index (κ2) is 17.0. The van der Waals surface area contributed by atoms with Gasteiger partial charge >= 0.3 is 0 Å². The molecule has 0 radical (unpaired) electrons. The Bertz CT molecular complexity index is 1520. The Labute approximate surface area is 253 Å². The molecule has 0 saturated carbocycles. The smallest absolute Gasteiger partial charge is 0.294 e. The lowest BCUT2D eigenvalue weighted by Crippen LogP contribution is -2.42. The standard InChI is InChI=1S/C16H24N4O.2C7H8O3S/c1-2-20-12-14(10-19-20)9-18-11-16(21)15(17)8-13-6-4-3-5-7-13;2*1-6-2-4-7(5-3-6)11(8,9)10/h3-7,10,12,15-16,18,21H,2,8-9,11,17H2,1H3;2*2-5H,1H3,(H,8,9,10)/t15-,16+;;/m0../s1. The van der Waals surface area contributed by atoms with Gasteiger partial charge in [-0.1, -0.05) is 65.7 Å². The third-order valence-corrected chi connectivity index (χ3v) is 7.88. The van der Waals surface area contributed by atoms with E-state index in [1.54, 1.807) is 24.3 Å². The molecule has 0 aliphatic carbocycles. The van der Waals surface area contributed by atoms with Crippen molar-refractivity contribution in [2.75, 3.05) is 6.54 Å². The zero-order valence-corrected chi connectivity index (χ0v) is 26.0. The fourth-order valence-electron chi connectivity index (χ4n) is 3.63. The number of nitrogens with zero attached hydrogens (tertiary/aromatic N) is 2. The Balaban J connectivity index is 0.000000247. The zero-order valence-electron chi connectivity index (χ0n) is 24.4. The Morgan fingerprint density at radius 1 is 0.814 bits per heavy atom. The predicted octanol–water partition coefficient (Wildman–Crippen LogP) is 3.41. The minimum Gasteiger partial charge on any atom is -0.390 e. The van der Waals surface area contributed by atoms with Crippen molar-refractivity contribution >= 4 is 20.2 Å². The van der Waals surface area contributed by atoms with Crippen LogP contribution in [0.15, 0.2) is 101 Å². The molecule has 1 aromatic heterocycles. The van der Waals surface area contributed by atoms with E-state index < -0.39 is 26.3 Å². The molecule has 4 aromatic rings. The van der Waals surface area contributed by atoms with Gasteiger partial charge in [-0.25, -0.2) is 0 Å². The number of aryl methyl sites for hydroxylation is 3. The lowest BCUT2D eigenvalue weighted by molar-refractivity contribution is 0.141. The highest BCUT2D eigenvalue weighted by molar-refractivity contribution is 7.86. The quantitative estimate of drug-likeness (QED) is 0.162. The van der Waals surface area contributed by atoms with Crippen molar-refractivity contribution in [2.45, 2.75) is 62.2 Å². The molecule has 0 saturated heterocycles. The van der Waals surface area contributed by atoms with Gasteiger partial charge in [0.25, 0.3) is 20.2 Å². The van der Waals surface area contributed by atoms with Crippen molar-refractivity contribution < 1.29 is 31.0 Å². The largest absolute Gasteiger partial charge is 0.390 e. The minimum atomic E-state index is -4.02. The summed E-state index contributed by atoms with van der Waals surface area (Å²) >= 11 is 0. The Kier molecular flexibility index (Phi) is 14.1. The van der Waals surface area contributed by atoms with E-state index in [-0.39, 0.29) is 15.8 Å². The fourth-order valence-corrected chi connectivity index (χ4v) is 4.59. The van der Waals surface area contributed by atoms with Crippen LogP contribution in [0.2, 0.25) is 0 Å². The van der Waals surface area contributed by atoms with Crippen molar-refractivity contribution in [2.24, 2.45) is 5.73 Å². The molecular weight excluding hydrogens is 592 g/mol. The third kappa shape index (κ3) is 13.6. The molecule has 11 nitrogen and oxygen atoms in total. The van der Waals surface area contributed by atoms with Crippen molar-refractivity contribution in [1.82, 2.24) is 15.1 Å². The second-order valence-electron chi connectivity index (χ2n) is 9.83. The number of nitrogens with two attached hydrogens (primary N) is 1. The molecule has 0 spiro atoms. The maximum atomic E-state index is 10.5. The van der Waals surface area contributed by atoms with Crippen LogP contribution in [-0.4, -0.2) is 59.5 Å². The van der Waals surface area contributed by atoms with Crippen LogP contribution in [0.5, 0.6) is 0 Å². The van der Waals surface area contributed by atoms with E-state index in [2.05, 4.69) is 17.3 Å². The summed E-state index contributed by atoms with van der Waals surface area (Å²) in [5.41, 5.74) is 10.2. The number of aliphatic hydroxyl groups is 1. The maximum Gasteiger partial charge on any atom is 0.294 e. The molecule has 43 heavy (non-hydrogen) atoms. The summed E-state index contributed by atoms with van der Waals surface area (Å²) in [6.07, 6.45) is 3.96. The van der Waals surface area contributed by atoms with E-state index in [1.165, 1.54) is 24.3 Å². The van der Waals surface area contributed by atoms with Crippen LogP contribution >= 0.6 is 0 Å². The molecule has 4 rings (SSSR count). The summed E-state index contributed by atoms with van der Waals surface area (Å²) in [5.74, 6) is 0. The molecule has 234 valence electrons. The van der Waals surface area contributed by atoms with E-state index in [1.807, 2.05) is 61.3 Å². The molecule has 0 fully saturated rings. The summed E-state index contributed by atoms with van der Waals surface area (Å²) in [7, 11) is -8.04. The number of hydrogen-bond donors (Lipinski definition) is 5. The van der Waals surface area contributed by atoms with Gasteiger partial charge in [0.15, 0.2) is 0 Å². The van der Waals surface area contributed by atoms with Crippen LogP contribution in [0.3, 0.4) is 0 Å². The third-order valence-electron chi connectivity index (χ3n) is 6.14. The Morgan fingerprint density at radius 3 is 1.72 bits per heavy atom. The van der Waals surface area contributed by atoms with Gasteiger partial charge < -0.3 is 16.2 Å². The molecule has 13 heteroatoms. The van der Waals surface area contributed by atoms with Crippen LogP contribution in [0, 0.1) is 13.8 Å². The Hall–Kier alpha value is -3.43. The number of aliphatic hydroxyl groups excluding tert-OH is 1. The first-order valence-corrected chi connectivity index (χ1v) is 16.3. The molecule has 2 atom stereocenters. The van der Waals surface area contributed by atoms with Gasteiger partial charge in [0.05, 0.1) is 22.1 Å². The van der Waals surface area contributed by atoms with Crippen molar-refractivity contribution in [3.05, 3.63) is 114 Å². The van der Waals surface area contributed by atoms with E-state index in [4.69, 9.17) is 14.8 Å². The van der Waals surface area contributed by atoms with Gasteiger partial charge in [-0.05, 0) is 57.0 Å². The summed E-state index contributed by atoms with van der Waals surface area (Å²) in [6.45, 7) is 7.77. The lowest BCUT2D eigenvalue weighted by Gasteiger charge is -2.19. The zero-order chi connectivity index (χ0) is 32.0. The van der Waals surface area contributed by atoms with Crippen LogP contribution in [-0.2, 0) is 39.7 Å². The topological polar surface area (TPSA) is 185 Å². The molecule has 1 heterocycles. The minimum absolute atomic E-state index is 0.0666. The van der Waals surface area contributed by atoms with E-state index in [0.29, 0.717) is 19.5 Å². The predicted molar refractivity (Wildman–Crippen MR) is 166 cm³/mol. The van der Waals surface area contributed by atoms with Gasteiger partial charge in [0.1, 0.15) is 0 Å². The molecule has 0 aliphatic rings. The number of hydrogen-bond acceptors (Lipinski definition) is 8. The number of rotatable bonds is 10. The first kappa shape index (κ1) is 35.8. The van der Waals surface area contributed by atoms with Gasteiger partial charge in [0, 0.05) is 37.4 Å². The summed E-state index contributed by atoms with van der Waals surface area (Å²) in [4.78, 5) is -0.133. The van der Waals surface area contributed by atoms with Crippen molar-refractivity contribution in [3.63, 3.8) is 0 Å². The number of aromatic nitrogens is 2. The molecule has 3 aromatic carbocycles. The van der Waals surface area contributed by atoms with E-state index in [9.17, 15) is 21.9 Å². The average molecular weight is 633 g/mol. The van der Waals surface area contributed by atoms with Gasteiger partial charge in [-0.2, -0.15) is 21.9 Å². The van der Waals surface area contributed by atoms with E-state index >= 15 is 0 Å². The average Bonchev–Trinajstić information content (AvgIpc) is 3.42. The fraction of sp³-hybridized carbons (Fsp3) is 0.300. The van der Waals surface area contributed by atoms with Crippen LogP contribution in [0.4, 0.5) is 0 Å². The molecule has 0 amide bonds. The van der Waals surface area contributed by atoms with Crippen molar-refractivity contribution in [1.29, 1.82) is 0 Å². The number of benzene rings is 3. The Morgan fingerprint density at radius 2 is 1.30 bits per heavy atom. The van der Waals surface area contributed by atoms with Crippen LogP contribution in [0.1, 0.15) is 29.2 Å². The van der Waals surface area contributed by atoms with Crippen molar-refractivity contribution in [3.8, 4) is 0 Å². The molecule has 6 N–H and O–H groups in total. The van der Waals surface area contributed by atoms with E-state index in [0.717, 1.165) is 28.8 Å². The SMILES string of the molecule is CCn1cc(CNC[C@@H](O)[C@@H](N)Cc2ccccc2)cn1.Cc1ccc(S(=O)(=O)O)cc1.Cc1ccc(S(=O)(=O)O)cc1. The normalized spacial score (nSPS) is 12.7. The van der Waals surface area contributed by atoms with Crippen LogP contribution < -0.4 is 11.1 Å². The number of nitrogens with one attached hydrogen (secondary N) is 1. The molecule has 0 aliphatic heterocycles. The second-order valence-corrected chi connectivity index (χ2v) is 12.7. The summed E-state index contributed by atoms with van der Waals surface area (Å²) in [5, 5.41) is 17.5. The molecule has 0 bridgehead atoms. The van der Waals surface area contributed by atoms with Gasteiger partial charge in [-0.15, -0.1) is 0 Å². The highest BCUT2D eigenvalue weighted by atomic mass is 32.2. The monoisotopic (exact) mass is 632 g/mol. The lowest BCUT2D eigenvalue weighted by atomic mass is 10.0. The van der Waals surface area contributed by atoms with Gasteiger partial charge in [0.2, 0.25) is 0 Å². The summed E-state index contributed by atoms with van der Waals surface area (Å²) < 4.78 is 61.0. The highest BCUT2D eigenvalue weighted by Crippen LogP contribution is 2.09. The molecular formula is C30H40N4O7S2. The van der Waals surface area contributed by atoms with Crippen LogP contribution in [0.25, 0.3) is 0 Å². The van der Waals surface area contributed by atoms with Gasteiger partial charge in [-0.3, -0.25) is 13.8 Å². The molecule has 0 unspecified atom stereocenters. The summed E-state index contributed by atoms with van der Waals surface area (Å²) in [6, 6.07) is 21.7. The maximum absolute atomic E-state index is 10.5.